The monoisotopic (exact) mass is 1030 g/mol. The number of halogens is 1. The third-order valence-electron chi connectivity index (χ3n) is 15.6. The highest BCUT2D eigenvalue weighted by atomic mass is 19.1. The third-order valence-corrected chi connectivity index (χ3v) is 15.6. The number of amides is 3. The minimum Gasteiger partial charge on any atom is -0.388 e. The van der Waals surface area contributed by atoms with Crippen LogP contribution in [0.4, 0.5) is 21.5 Å². The highest BCUT2D eigenvalue weighted by molar-refractivity contribution is 6.05. The lowest BCUT2D eigenvalue weighted by molar-refractivity contribution is -0.152. The van der Waals surface area contributed by atoms with Gasteiger partial charge < -0.3 is 30.9 Å². The summed E-state index contributed by atoms with van der Waals surface area (Å²) in [6, 6.07) is 14.4. The van der Waals surface area contributed by atoms with Crippen LogP contribution in [0.2, 0.25) is 0 Å². The molecule has 14 nitrogen and oxygen atoms in total. The number of anilines is 3. The lowest BCUT2D eigenvalue weighted by Crippen LogP contribution is -2.68. The van der Waals surface area contributed by atoms with Gasteiger partial charge in [0.05, 0.1) is 23.1 Å². The molecule has 3 amide bonds. The molecule has 75 heavy (non-hydrogen) atoms. The van der Waals surface area contributed by atoms with Gasteiger partial charge in [-0.25, -0.2) is 4.39 Å². The second-order valence-electron chi connectivity index (χ2n) is 20.8. The fraction of sp³-hybridized carbons (Fsp3) is 0.517. The van der Waals surface area contributed by atoms with E-state index < -0.39 is 17.7 Å². The van der Waals surface area contributed by atoms with Crippen LogP contribution in [0.15, 0.2) is 77.4 Å². The number of hydrogen-bond donors (Lipinski definition) is 4. The molecule has 8 rings (SSSR count). The Bertz CT molecular complexity index is 2750. The number of piperidine rings is 2. The molecule has 0 radical (unpaired) electrons. The van der Waals surface area contributed by atoms with E-state index in [4.69, 9.17) is 0 Å². The molecule has 4 aliphatic heterocycles. The first-order chi connectivity index (χ1) is 35.9. The number of benzene rings is 2. The molecule has 0 aliphatic carbocycles. The van der Waals surface area contributed by atoms with Crippen molar-refractivity contribution in [1.29, 1.82) is 0 Å². The van der Waals surface area contributed by atoms with Crippen molar-refractivity contribution in [3.63, 3.8) is 0 Å². The Balaban J connectivity index is 0.000000266. The summed E-state index contributed by atoms with van der Waals surface area (Å²) in [5.74, 6) is -0.465. The van der Waals surface area contributed by atoms with Crippen molar-refractivity contribution >= 4 is 46.4 Å². The van der Waals surface area contributed by atoms with Crippen LogP contribution in [0.5, 0.6) is 0 Å². The molecule has 4 aromatic rings. The first kappa shape index (κ1) is 58.1. The van der Waals surface area contributed by atoms with Crippen LogP contribution in [-0.4, -0.2) is 118 Å². The highest BCUT2D eigenvalue weighted by Gasteiger charge is 2.52. The Morgan fingerprint density at radius 2 is 1.69 bits per heavy atom. The SMILES string of the molecule is CC.CC1CCN(Cc2ccc3c(c2)N(C)C(=O)C2(O)NC(=O)CCC2N3)CC1.CCCC(CCC)N(C)C(=O)c1cc(C)c(C2=CCN(C(C)/C(C)=C/c3c(-n4ccc(NC)cc4=O)ccnc3C)CC2)c(F)c1. The molecule has 3 atom stereocenters. The van der Waals surface area contributed by atoms with Gasteiger partial charge in [0.25, 0.3) is 17.4 Å². The summed E-state index contributed by atoms with van der Waals surface area (Å²) in [6.45, 7) is 23.2. The van der Waals surface area contributed by atoms with Gasteiger partial charge in [-0.2, -0.15) is 0 Å². The molecule has 0 bridgehead atoms. The fourth-order valence-electron chi connectivity index (χ4n) is 10.9. The van der Waals surface area contributed by atoms with E-state index in [1.54, 1.807) is 42.0 Å². The average Bonchev–Trinajstić information content (AvgIpc) is 3.48. The lowest BCUT2D eigenvalue weighted by Gasteiger charge is -2.38. The van der Waals surface area contributed by atoms with Crippen LogP contribution in [0.3, 0.4) is 0 Å². The summed E-state index contributed by atoms with van der Waals surface area (Å²) in [5.41, 5.74) is 7.92. The first-order valence-corrected chi connectivity index (χ1v) is 27.4. The van der Waals surface area contributed by atoms with Crippen molar-refractivity contribution in [3.05, 3.63) is 122 Å². The fourth-order valence-corrected chi connectivity index (χ4v) is 10.9. The number of likely N-dealkylation sites (N-methyl/N-ethyl adjacent to an activating group) is 1. The van der Waals surface area contributed by atoms with Gasteiger partial charge >= 0.3 is 0 Å². The Hall–Kier alpha value is -6.16. The first-order valence-electron chi connectivity index (χ1n) is 27.4. The molecule has 2 saturated heterocycles. The number of hydrogen-bond acceptors (Lipinski definition) is 10. The maximum absolute atomic E-state index is 15.7. The van der Waals surface area contributed by atoms with Gasteiger partial charge in [0.2, 0.25) is 11.6 Å². The van der Waals surface area contributed by atoms with E-state index in [0.717, 1.165) is 114 Å². The number of aromatic nitrogens is 2. The van der Waals surface area contributed by atoms with Gasteiger partial charge in [-0.15, -0.1) is 0 Å². The molecule has 4 N–H and O–H groups in total. The van der Waals surface area contributed by atoms with Gasteiger partial charge in [0.1, 0.15) is 5.82 Å². The number of rotatable bonds is 14. The summed E-state index contributed by atoms with van der Waals surface area (Å²) < 4.78 is 17.3. The molecular formula is C60H84FN9O5. The van der Waals surface area contributed by atoms with Crippen molar-refractivity contribution in [2.24, 2.45) is 5.92 Å². The molecule has 4 aliphatic rings. The van der Waals surface area contributed by atoms with Crippen LogP contribution in [0.1, 0.15) is 145 Å². The smallest absolute Gasteiger partial charge is 0.282 e. The van der Waals surface area contributed by atoms with Crippen molar-refractivity contribution in [1.82, 2.24) is 29.6 Å². The Labute approximate surface area is 445 Å². The molecule has 2 aromatic carbocycles. The maximum Gasteiger partial charge on any atom is 0.282 e. The standard InChI is InChI=1S/C38H50FN5O2.C20H28N4O3.C2H6/c1-9-11-32(12-10-2)42(8)38(46)30-21-26(4)37(34(39)23-30)29-14-18-43(19-15-29)28(6)25(3)22-33-27(5)41-17-13-35(33)44-20-16-31(40-7)24-36(44)45;1-13-7-9-24(10-8-13)12-14-3-4-15-16(11-14)23(2)19(26)20(27)17(21-15)5-6-18(25)22-20;1-2/h13-14,16-17,20-24,28,32,40H,9-12,15,18-19H2,1-8H3;3-4,11,13,17,21,27H,5-10,12H2,1-2H3,(H,22,25);1-2H3/b25-22+;;. The van der Waals surface area contributed by atoms with Crippen molar-refractivity contribution in [2.75, 3.05) is 62.9 Å². The quantitative estimate of drug-likeness (QED) is 0.0960. The van der Waals surface area contributed by atoms with E-state index in [1.165, 1.54) is 23.8 Å². The Morgan fingerprint density at radius 1 is 0.987 bits per heavy atom. The van der Waals surface area contributed by atoms with E-state index >= 15 is 4.39 Å². The summed E-state index contributed by atoms with van der Waals surface area (Å²) in [6.07, 6.45) is 15.5. The maximum atomic E-state index is 15.7. The number of nitrogens with one attached hydrogen (secondary N) is 3. The molecule has 406 valence electrons. The third kappa shape index (κ3) is 13.5. The average molecular weight is 1030 g/mol. The van der Waals surface area contributed by atoms with Crippen molar-refractivity contribution in [2.45, 2.75) is 150 Å². The van der Waals surface area contributed by atoms with Gasteiger partial charge in [-0.1, -0.05) is 71.3 Å². The van der Waals surface area contributed by atoms with Crippen LogP contribution >= 0.6 is 0 Å². The number of carbonyl (C=O) groups is 3. The zero-order valence-electron chi connectivity index (χ0n) is 46.8. The summed E-state index contributed by atoms with van der Waals surface area (Å²) in [7, 11) is 5.28. The van der Waals surface area contributed by atoms with Crippen LogP contribution in [0.25, 0.3) is 17.3 Å². The molecule has 2 fully saturated rings. The number of likely N-dealkylation sites (tertiary alicyclic amines) is 1. The van der Waals surface area contributed by atoms with Crippen LogP contribution in [-0.2, 0) is 16.1 Å². The predicted octanol–water partition coefficient (Wildman–Crippen LogP) is 9.95. The number of pyridine rings is 2. The Morgan fingerprint density at radius 3 is 2.32 bits per heavy atom. The summed E-state index contributed by atoms with van der Waals surface area (Å²) in [5, 5.41) is 19.7. The molecule has 2 aromatic heterocycles. The predicted molar refractivity (Wildman–Crippen MR) is 303 cm³/mol. The second kappa shape index (κ2) is 26.1. The van der Waals surface area contributed by atoms with Crippen molar-refractivity contribution < 1.29 is 23.9 Å². The van der Waals surface area contributed by atoms with Crippen molar-refractivity contribution in [3.8, 4) is 5.69 Å². The molecule has 0 spiro atoms. The summed E-state index contributed by atoms with van der Waals surface area (Å²) >= 11 is 0. The molecule has 15 heteroatoms. The van der Waals surface area contributed by atoms with Gasteiger partial charge in [0.15, 0.2) is 0 Å². The van der Waals surface area contributed by atoms with Gasteiger partial charge in [-0.3, -0.25) is 38.5 Å². The topological polar surface area (TPSA) is 155 Å². The van der Waals surface area contributed by atoms with Gasteiger partial charge in [0, 0.05) is 106 Å². The van der Waals surface area contributed by atoms with E-state index in [-0.39, 0.29) is 41.7 Å². The lowest BCUT2D eigenvalue weighted by atomic mass is 9.92. The zero-order chi connectivity index (χ0) is 54.7. The van der Waals surface area contributed by atoms with E-state index in [0.29, 0.717) is 30.5 Å². The summed E-state index contributed by atoms with van der Waals surface area (Å²) in [4.78, 5) is 63.5. The van der Waals surface area contributed by atoms with E-state index in [2.05, 4.69) is 83.6 Å². The number of nitrogens with zero attached hydrogens (tertiary/aromatic N) is 6. The minimum absolute atomic E-state index is 0.115. The molecule has 6 heterocycles. The molecule has 3 unspecified atom stereocenters. The van der Waals surface area contributed by atoms with E-state index in [9.17, 15) is 24.3 Å². The second-order valence-corrected chi connectivity index (χ2v) is 20.8. The molecular weight excluding hydrogens is 946 g/mol. The number of aliphatic hydroxyl groups is 1. The largest absolute Gasteiger partial charge is 0.388 e. The number of fused-ring (bicyclic) bond motifs is 2. The van der Waals surface area contributed by atoms with Crippen LogP contribution in [0, 0.1) is 25.6 Å². The number of carbonyl (C=O) groups excluding carboxylic acids is 3. The zero-order valence-corrected chi connectivity index (χ0v) is 46.8. The number of aryl methyl sites for hydroxylation is 2. The Kier molecular flexibility index (Phi) is 20.2. The van der Waals surface area contributed by atoms with E-state index in [1.807, 2.05) is 65.1 Å². The molecule has 0 saturated carbocycles. The highest BCUT2D eigenvalue weighted by Crippen LogP contribution is 2.37. The normalized spacial score (nSPS) is 19.7. The van der Waals surface area contributed by atoms with Crippen LogP contribution < -0.4 is 26.4 Å². The van der Waals surface area contributed by atoms with Gasteiger partial charge in [-0.05, 0) is 138 Å². The minimum atomic E-state index is -1.91.